The number of benzene rings is 1. The molecule has 3 N–H and O–H groups in total. The van der Waals surface area contributed by atoms with Gasteiger partial charge in [-0.25, -0.2) is 9.98 Å². The van der Waals surface area contributed by atoms with Crippen molar-refractivity contribution in [3.8, 4) is 5.75 Å². The number of guanidine groups is 1. The second-order valence-corrected chi connectivity index (χ2v) is 5.82. The van der Waals surface area contributed by atoms with Crippen molar-refractivity contribution in [1.82, 2.24) is 15.6 Å². The summed E-state index contributed by atoms with van der Waals surface area (Å²) in [6.45, 7) is 5.32. The average molecular weight is 355 g/mol. The number of methoxy groups -OCH3 is 1. The molecule has 1 aromatic heterocycles. The van der Waals surface area contributed by atoms with Gasteiger partial charge in [-0.15, -0.1) is 0 Å². The molecule has 0 aliphatic rings. The summed E-state index contributed by atoms with van der Waals surface area (Å²) < 4.78 is 5.25. The standard InChI is InChI=1S/C20H29N5O/c1-3-21-20(25-16-17-9-8-10-18(15-17)26-2)24-14-7-6-13-23-19-11-4-5-12-22-19/h4-5,8-12,15H,3,6-7,13-14,16H2,1-2H3,(H,22,23)(H2,21,24,25). The number of hydrogen-bond acceptors (Lipinski definition) is 4. The zero-order valence-electron chi connectivity index (χ0n) is 15.7. The van der Waals surface area contributed by atoms with Crippen LogP contribution < -0.4 is 20.7 Å². The lowest BCUT2D eigenvalue weighted by Gasteiger charge is -2.12. The topological polar surface area (TPSA) is 70.6 Å². The minimum Gasteiger partial charge on any atom is -0.497 e. The number of nitrogens with zero attached hydrogens (tertiary/aromatic N) is 2. The SMILES string of the molecule is CCNC(=NCc1cccc(OC)c1)NCCCCNc1ccccn1. The normalized spacial score (nSPS) is 11.1. The summed E-state index contributed by atoms with van der Waals surface area (Å²) in [6, 6.07) is 13.9. The number of ether oxygens (including phenoxy) is 1. The molecule has 0 bridgehead atoms. The molecule has 0 aliphatic carbocycles. The van der Waals surface area contributed by atoms with E-state index in [1.165, 1.54) is 0 Å². The molecule has 6 heteroatoms. The van der Waals surface area contributed by atoms with E-state index in [-0.39, 0.29) is 0 Å². The number of nitrogens with one attached hydrogen (secondary N) is 3. The third-order valence-corrected chi connectivity index (χ3v) is 3.77. The number of rotatable bonds is 10. The third-order valence-electron chi connectivity index (χ3n) is 3.77. The molecule has 0 fully saturated rings. The van der Waals surface area contributed by atoms with E-state index < -0.39 is 0 Å². The fourth-order valence-corrected chi connectivity index (χ4v) is 2.42. The van der Waals surface area contributed by atoms with Crippen LogP contribution in [0.5, 0.6) is 5.75 Å². The maximum Gasteiger partial charge on any atom is 0.191 e. The number of pyridine rings is 1. The highest BCUT2D eigenvalue weighted by Crippen LogP contribution is 2.13. The third kappa shape index (κ3) is 7.42. The van der Waals surface area contributed by atoms with Crippen LogP contribution in [0.1, 0.15) is 25.3 Å². The Kier molecular flexibility index (Phi) is 8.83. The Morgan fingerprint density at radius 2 is 1.96 bits per heavy atom. The summed E-state index contributed by atoms with van der Waals surface area (Å²) in [7, 11) is 1.68. The lowest BCUT2D eigenvalue weighted by atomic mass is 10.2. The van der Waals surface area contributed by atoms with E-state index >= 15 is 0 Å². The van der Waals surface area contributed by atoms with Gasteiger partial charge < -0.3 is 20.7 Å². The highest BCUT2D eigenvalue weighted by Gasteiger charge is 1.99. The van der Waals surface area contributed by atoms with Crippen LogP contribution in [-0.2, 0) is 6.54 Å². The van der Waals surface area contributed by atoms with Crippen LogP contribution in [0.25, 0.3) is 0 Å². The van der Waals surface area contributed by atoms with Gasteiger partial charge in [-0.2, -0.15) is 0 Å². The molecule has 0 saturated carbocycles. The maximum atomic E-state index is 5.25. The molecule has 0 aliphatic heterocycles. The monoisotopic (exact) mass is 355 g/mol. The van der Waals surface area contributed by atoms with E-state index in [1.54, 1.807) is 13.3 Å². The number of unbranched alkanes of at least 4 members (excludes halogenated alkanes) is 1. The molecule has 0 unspecified atom stereocenters. The molecule has 0 saturated heterocycles. The van der Waals surface area contributed by atoms with E-state index in [2.05, 4.69) is 38.9 Å². The first-order valence-electron chi connectivity index (χ1n) is 9.12. The Balaban J connectivity index is 1.69. The van der Waals surface area contributed by atoms with Gasteiger partial charge in [-0.3, -0.25) is 0 Å². The van der Waals surface area contributed by atoms with E-state index in [4.69, 9.17) is 4.74 Å². The zero-order chi connectivity index (χ0) is 18.5. The zero-order valence-corrected chi connectivity index (χ0v) is 15.7. The lowest BCUT2D eigenvalue weighted by molar-refractivity contribution is 0.414. The number of anilines is 1. The van der Waals surface area contributed by atoms with E-state index in [0.29, 0.717) is 6.54 Å². The Morgan fingerprint density at radius 1 is 1.08 bits per heavy atom. The highest BCUT2D eigenvalue weighted by molar-refractivity contribution is 5.79. The summed E-state index contributed by atoms with van der Waals surface area (Å²) in [6.07, 6.45) is 3.92. The van der Waals surface area contributed by atoms with E-state index in [0.717, 1.165) is 55.6 Å². The van der Waals surface area contributed by atoms with E-state index in [1.807, 2.05) is 36.4 Å². The molecule has 0 atom stereocenters. The summed E-state index contributed by atoms with van der Waals surface area (Å²) in [5.41, 5.74) is 1.13. The van der Waals surface area contributed by atoms with Crippen LogP contribution in [0, 0.1) is 0 Å². The van der Waals surface area contributed by atoms with Crippen LogP contribution in [0.3, 0.4) is 0 Å². The predicted octanol–water partition coefficient (Wildman–Crippen LogP) is 3.04. The Hall–Kier alpha value is -2.76. The van der Waals surface area contributed by atoms with Crippen molar-refractivity contribution in [1.29, 1.82) is 0 Å². The van der Waals surface area contributed by atoms with Crippen molar-refractivity contribution < 1.29 is 4.74 Å². The molecule has 140 valence electrons. The molecular weight excluding hydrogens is 326 g/mol. The van der Waals surface area contributed by atoms with Gasteiger partial charge in [0.05, 0.1) is 13.7 Å². The van der Waals surface area contributed by atoms with Gasteiger partial charge >= 0.3 is 0 Å². The van der Waals surface area contributed by atoms with Gasteiger partial charge in [-0.05, 0) is 49.6 Å². The minimum absolute atomic E-state index is 0.619. The van der Waals surface area contributed by atoms with Gasteiger partial charge in [0.2, 0.25) is 0 Å². The summed E-state index contributed by atoms with van der Waals surface area (Å²) >= 11 is 0. The van der Waals surface area contributed by atoms with Crippen molar-refractivity contribution in [2.75, 3.05) is 32.1 Å². The van der Waals surface area contributed by atoms with Crippen molar-refractivity contribution in [3.05, 3.63) is 54.2 Å². The van der Waals surface area contributed by atoms with Crippen molar-refractivity contribution in [3.63, 3.8) is 0 Å². The Morgan fingerprint density at radius 3 is 2.73 bits per heavy atom. The number of hydrogen-bond donors (Lipinski definition) is 3. The molecular formula is C20H29N5O. The summed E-state index contributed by atoms with van der Waals surface area (Å²) in [5, 5.41) is 9.98. The highest BCUT2D eigenvalue weighted by atomic mass is 16.5. The van der Waals surface area contributed by atoms with Crippen LogP contribution in [-0.4, -0.2) is 37.7 Å². The smallest absolute Gasteiger partial charge is 0.191 e. The maximum absolute atomic E-state index is 5.25. The summed E-state index contributed by atoms with van der Waals surface area (Å²) in [5.74, 6) is 2.62. The van der Waals surface area contributed by atoms with Gasteiger partial charge in [0.25, 0.3) is 0 Å². The number of aliphatic imine (C=N–C) groups is 1. The summed E-state index contributed by atoms with van der Waals surface area (Å²) in [4.78, 5) is 8.89. The molecule has 6 nitrogen and oxygen atoms in total. The second kappa shape index (κ2) is 11.7. The molecule has 26 heavy (non-hydrogen) atoms. The largest absolute Gasteiger partial charge is 0.497 e. The van der Waals surface area contributed by atoms with Gasteiger partial charge in [-0.1, -0.05) is 18.2 Å². The predicted molar refractivity (Wildman–Crippen MR) is 108 cm³/mol. The fourth-order valence-electron chi connectivity index (χ4n) is 2.42. The molecule has 0 spiro atoms. The van der Waals surface area contributed by atoms with Crippen LogP contribution in [0.2, 0.25) is 0 Å². The van der Waals surface area contributed by atoms with Crippen molar-refractivity contribution >= 4 is 11.8 Å². The quantitative estimate of drug-likeness (QED) is 0.347. The fraction of sp³-hybridized carbons (Fsp3) is 0.400. The molecule has 0 amide bonds. The van der Waals surface area contributed by atoms with Crippen LogP contribution >= 0.6 is 0 Å². The Labute approximate surface area is 156 Å². The van der Waals surface area contributed by atoms with Gasteiger partial charge in [0, 0.05) is 25.8 Å². The first kappa shape index (κ1) is 19.6. The number of aromatic nitrogens is 1. The Bertz CT molecular complexity index is 660. The first-order valence-corrected chi connectivity index (χ1v) is 9.12. The van der Waals surface area contributed by atoms with Crippen LogP contribution in [0.15, 0.2) is 53.7 Å². The van der Waals surface area contributed by atoms with Crippen LogP contribution in [0.4, 0.5) is 5.82 Å². The van der Waals surface area contributed by atoms with Gasteiger partial charge in [0.15, 0.2) is 5.96 Å². The van der Waals surface area contributed by atoms with Crippen molar-refractivity contribution in [2.45, 2.75) is 26.3 Å². The second-order valence-electron chi connectivity index (χ2n) is 5.82. The molecule has 2 aromatic rings. The molecule has 0 radical (unpaired) electrons. The molecule has 2 rings (SSSR count). The average Bonchev–Trinajstić information content (AvgIpc) is 2.69. The van der Waals surface area contributed by atoms with Crippen molar-refractivity contribution in [2.24, 2.45) is 4.99 Å². The van der Waals surface area contributed by atoms with Gasteiger partial charge in [0.1, 0.15) is 11.6 Å². The minimum atomic E-state index is 0.619. The molecule has 1 heterocycles. The first-order chi connectivity index (χ1) is 12.8. The lowest BCUT2D eigenvalue weighted by Crippen LogP contribution is -2.37. The van der Waals surface area contributed by atoms with E-state index in [9.17, 15) is 0 Å². The molecule has 1 aromatic carbocycles.